The monoisotopic (exact) mass is 352 g/mol. The average Bonchev–Trinajstić information content (AvgIpc) is 2.40. The van der Waals surface area contributed by atoms with Crippen molar-refractivity contribution in [2.45, 2.75) is 50.8 Å². The molecular formula is C14H22Cl2N2O2S. The van der Waals surface area contributed by atoms with Crippen LogP contribution in [0.25, 0.3) is 0 Å². The fourth-order valence-electron chi connectivity index (χ4n) is 1.87. The summed E-state index contributed by atoms with van der Waals surface area (Å²) in [6, 6.07) is 1.31. The summed E-state index contributed by atoms with van der Waals surface area (Å²) >= 11 is 11.4. The first-order valence-corrected chi connectivity index (χ1v) is 9.37. The third kappa shape index (κ3) is 6.96. The summed E-state index contributed by atoms with van der Waals surface area (Å²) in [5.41, 5.74) is 0. The van der Waals surface area contributed by atoms with E-state index in [-0.39, 0.29) is 15.1 Å². The van der Waals surface area contributed by atoms with Gasteiger partial charge in [0.25, 0.3) is 0 Å². The Bertz CT molecular complexity index is 548. The third-order valence-corrected chi connectivity index (χ3v) is 5.20. The van der Waals surface area contributed by atoms with Crippen LogP contribution in [-0.2, 0) is 10.0 Å². The highest BCUT2D eigenvalue weighted by atomic mass is 35.5. The van der Waals surface area contributed by atoms with Crippen molar-refractivity contribution in [1.82, 2.24) is 9.71 Å². The molecule has 4 nitrogen and oxygen atoms in total. The van der Waals surface area contributed by atoms with Gasteiger partial charge in [0.15, 0.2) is 0 Å². The van der Waals surface area contributed by atoms with E-state index >= 15 is 0 Å². The van der Waals surface area contributed by atoms with Crippen LogP contribution >= 0.6 is 23.2 Å². The largest absolute Gasteiger partial charge is 0.242 e. The molecule has 1 N–H and O–H groups in total. The molecule has 0 fully saturated rings. The zero-order valence-electron chi connectivity index (χ0n) is 12.4. The van der Waals surface area contributed by atoms with Gasteiger partial charge >= 0.3 is 0 Å². The van der Waals surface area contributed by atoms with Gasteiger partial charge in [-0.3, -0.25) is 0 Å². The molecular weight excluding hydrogens is 331 g/mol. The minimum atomic E-state index is -3.56. The van der Waals surface area contributed by atoms with E-state index in [4.69, 9.17) is 23.2 Å². The van der Waals surface area contributed by atoms with Crippen molar-refractivity contribution in [3.8, 4) is 0 Å². The SMILES string of the molecule is CC(C)CCCCCCNS(=O)(=O)c1cnc(Cl)c(Cl)c1. The number of hydrogen-bond acceptors (Lipinski definition) is 3. The Morgan fingerprint density at radius 2 is 1.86 bits per heavy atom. The molecule has 0 aliphatic heterocycles. The number of nitrogens with zero attached hydrogens (tertiary/aromatic N) is 1. The smallest absolute Gasteiger partial charge is 0.242 e. The first-order valence-electron chi connectivity index (χ1n) is 7.13. The Hall–Kier alpha value is -0.360. The van der Waals surface area contributed by atoms with Crippen molar-refractivity contribution in [1.29, 1.82) is 0 Å². The number of sulfonamides is 1. The number of pyridine rings is 1. The number of nitrogens with one attached hydrogen (secondary N) is 1. The molecule has 120 valence electrons. The second-order valence-electron chi connectivity index (χ2n) is 5.44. The molecule has 0 aliphatic rings. The maximum Gasteiger partial charge on any atom is 0.242 e. The highest BCUT2D eigenvalue weighted by Gasteiger charge is 2.15. The molecule has 0 unspecified atom stereocenters. The van der Waals surface area contributed by atoms with Crippen molar-refractivity contribution < 1.29 is 8.42 Å². The molecule has 0 aliphatic carbocycles. The Balaban J connectivity index is 2.35. The Morgan fingerprint density at radius 3 is 2.48 bits per heavy atom. The lowest BCUT2D eigenvalue weighted by Gasteiger charge is -2.07. The molecule has 0 spiro atoms. The molecule has 21 heavy (non-hydrogen) atoms. The summed E-state index contributed by atoms with van der Waals surface area (Å²) in [7, 11) is -3.56. The van der Waals surface area contributed by atoms with Crippen LogP contribution in [0.3, 0.4) is 0 Å². The molecule has 0 radical (unpaired) electrons. The summed E-state index contributed by atoms with van der Waals surface area (Å²) in [5.74, 6) is 0.727. The quantitative estimate of drug-likeness (QED) is 0.533. The Morgan fingerprint density at radius 1 is 1.19 bits per heavy atom. The third-order valence-electron chi connectivity index (χ3n) is 3.08. The molecule has 1 heterocycles. The molecule has 7 heteroatoms. The van der Waals surface area contributed by atoms with Crippen molar-refractivity contribution in [2.24, 2.45) is 5.92 Å². The average molecular weight is 353 g/mol. The molecule has 1 aromatic rings. The molecule has 0 bridgehead atoms. The predicted molar refractivity (Wildman–Crippen MR) is 87.4 cm³/mol. The van der Waals surface area contributed by atoms with E-state index in [9.17, 15) is 8.42 Å². The fourth-order valence-corrected chi connectivity index (χ4v) is 3.25. The van der Waals surface area contributed by atoms with Gasteiger partial charge in [0, 0.05) is 12.7 Å². The lowest BCUT2D eigenvalue weighted by Crippen LogP contribution is -2.25. The topological polar surface area (TPSA) is 59.1 Å². The highest BCUT2D eigenvalue weighted by molar-refractivity contribution is 7.89. The van der Waals surface area contributed by atoms with E-state index in [1.807, 2.05) is 0 Å². The van der Waals surface area contributed by atoms with Gasteiger partial charge < -0.3 is 0 Å². The second-order valence-corrected chi connectivity index (χ2v) is 7.97. The van der Waals surface area contributed by atoms with E-state index < -0.39 is 10.0 Å². The molecule has 0 atom stereocenters. The van der Waals surface area contributed by atoms with E-state index in [0.717, 1.165) is 25.2 Å². The van der Waals surface area contributed by atoms with E-state index in [2.05, 4.69) is 23.6 Å². The lowest BCUT2D eigenvalue weighted by atomic mass is 10.0. The summed E-state index contributed by atoms with van der Waals surface area (Å²) in [6.45, 7) is 4.84. The van der Waals surface area contributed by atoms with Crippen molar-refractivity contribution in [2.75, 3.05) is 6.54 Å². The Kier molecular flexibility index (Phi) is 7.95. The van der Waals surface area contributed by atoms with Gasteiger partial charge in [-0.2, -0.15) is 0 Å². The van der Waals surface area contributed by atoms with Crippen LogP contribution in [0.5, 0.6) is 0 Å². The van der Waals surface area contributed by atoms with Gasteiger partial charge in [-0.25, -0.2) is 18.1 Å². The minimum absolute atomic E-state index is 0.0386. The molecule has 0 amide bonds. The number of unbranched alkanes of at least 4 members (excludes halogenated alkanes) is 3. The number of rotatable bonds is 9. The summed E-state index contributed by atoms with van der Waals surface area (Å²) < 4.78 is 26.6. The van der Waals surface area contributed by atoms with Gasteiger partial charge in [-0.15, -0.1) is 0 Å². The minimum Gasteiger partial charge on any atom is -0.242 e. The van der Waals surface area contributed by atoms with Gasteiger partial charge in [0.05, 0.1) is 5.02 Å². The standard InChI is InChI=1S/C14H22Cl2N2O2S/c1-11(2)7-5-3-4-6-8-18-21(19,20)12-9-13(15)14(16)17-10-12/h9-11,18H,3-8H2,1-2H3. The van der Waals surface area contributed by atoms with Gasteiger partial charge in [0.1, 0.15) is 10.0 Å². The van der Waals surface area contributed by atoms with Crippen molar-refractivity contribution in [3.05, 3.63) is 22.4 Å². The van der Waals surface area contributed by atoms with Gasteiger partial charge in [0.2, 0.25) is 10.0 Å². The fraction of sp³-hybridized carbons (Fsp3) is 0.643. The van der Waals surface area contributed by atoms with Crippen LogP contribution in [0, 0.1) is 5.92 Å². The summed E-state index contributed by atoms with van der Waals surface area (Å²) in [4.78, 5) is 3.78. The predicted octanol–water partition coefficient (Wildman–Crippen LogP) is 4.27. The number of halogens is 2. The van der Waals surface area contributed by atoms with E-state index in [1.54, 1.807) is 0 Å². The molecule has 1 rings (SSSR count). The molecule has 1 aromatic heterocycles. The number of aromatic nitrogens is 1. The Labute approximate surface area is 137 Å². The summed E-state index contributed by atoms with van der Waals surface area (Å²) in [6.07, 6.45) is 6.61. The zero-order valence-corrected chi connectivity index (χ0v) is 14.7. The zero-order chi connectivity index (χ0) is 15.9. The van der Waals surface area contributed by atoms with Crippen molar-refractivity contribution >= 4 is 33.2 Å². The first-order chi connectivity index (χ1) is 9.83. The van der Waals surface area contributed by atoms with Crippen molar-refractivity contribution in [3.63, 3.8) is 0 Å². The van der Waals surface area contributed by atoms with Crippen LogP contribution in [0.1, 0.15) is 46.0 Å². The second kappa shape index (κ2) is 8.93. The lowest BCUT2D eigenvalue weighted by molar-refractivity contribution is 0.517. The van der Waals surface area contributed by atoms with Crippen LogP contribution < -0.4 is 4.72 Å². The molecule has 0 saturated carbocycles. The first kappa shape index (κ1) is 18.7. The maximum atomic E-state index is 12.0. The van der Waals surface area contributed by atoms with E-state index in [1.165, 1.54) is 25.1 Å². The van der Waals surface area contributed by atoms with Gasteiger partial charge in [-0.05, 0) is 18.4 Å². The summed E-state index contributed by atoms with van der Waals surface area (Å²) in [5, 5.41) is 0.231. The van der Waals surface area contributed by atoms with Crippen LogP contribution in [-0.4, -0.2) is 19.9 Å². The maximum absolute atomic E-state index is 12.0. The highest BCUT2D eigenvalue weighted by Crippen LogP contribution is 2.22. The van der Waals surface area contributed by atoms with Crippen LogP contribution in [0.2, 0.25) is 10.2 Å². The van der Waals surface area contributed by atoms with Crippen LogP contribution in [0.4, 0.5) is 0 Å². The molecule has 0 aromatic carbocycles. The molecule has 0 saturated heterocycles. The van der Waals surface area contributed by atoms with Crippen LogP contribution in [0.15, 0.2) is 17.2 Å². The van der Waals surface area contributed by atoms with E-state index in [0.29, 0.717) is 6.54 Å². The normalized spacial score (nSPS) is 12.0. The number of hydrogen-bond donors (Lipinski definition) is 1. The van der Waals surface area contributed by atoms with Gasteiger partial charge in [-0.1, -0.05) is 62.7 Å².